The first kappa shape index (κ1) is 32.7. The van der Waals surface area contributed by atoms with Crippen LogP contribution in [0.1, 0.15) is 111 Å². The molecule has 0 saturated carbocycles. The quantitative estimate of drug-likeness (QED) is 0.246. The normalized spacial score (nSPS) is 26.1. The number of piperidine rings is 1. The van der Waals surface area contributed by atoms with E-state index in [-0.39, 0.29) is 68.7 Å². The molecule has 2 N–H and O–H groups in total. The van der Waals surface area contributed by atoms with Crippen molar-refractivity contribution in [3.05, 3.63) is 62.6 Å². The van der Waals surface area contributed by atoms with E-state index in [0.29, 0.717) is 17.7 Å². The second-order valence-corrected chi connectivity index (χ2v) is 17.3. The molecule has 1 saturated heterocycles. The zero-order valence-corrected chi connectivity index (χ0v) is 29.9. The largest absolute Gasteiger partial charge is 0.506 e. The Morgan fingerprint density at radius 2 is 1.42 bits per heavy atom. The van der Waals surface area contributed by atoms with E-state index < -0.39 is 5.97 Å². The number of ether oxygens (including phenoxy) is 1. The number of allylic oxidation sites excluding steroid dienone is 6. The third kappa shape index (κ3) is 4.72. The molecule has 0 bridgehead atoms. The lowest BCUT2D eigenvalue weighted by Crippen LogP contribution is -2.48. The van der Waals surface area contributed by atoms with Gasteiger partial charge in [-0.1, -0.05) is 55.4 Å². The van der Waals surface area contributed by atoms with Crippen molar-refractivity contribution in [3.8, 4) is 5.75 Å². The molecule has 8 heteroatoms. The monoisotopic (exact) mass is 654 g/mol. The average molecular weight is 655 g/mol. The van der Waals surface area contributed by atoms with Crippen molar-refractivity contribution in [1.82, 2.24) is 4.90 Å². The van der Waals surface area contributed by atoms with Gasteiger partial charge in [-0.3, -0.25) is 14.4 Å². The standard InChI is InChI=1S/C40H50N2O6/c1-37(2)11-15-41-17-13-39(5,6)29-31(41)24(37)20-22(33(29)45)27-34(46)28(35(27)47)23-21-25-32-30(36(23)48-19-9-10-26(43)44)40(7,8)14-18-42(32)16-12-38(25,3)4/h20-21,46H,9-19H2,1-8H3,(H,43,44). The lowest BCUT2D eigenvalue weighted by atomic mass is 9.63. The van der Waals surface area contributed by atoms with Crippen LogP contribution in [0.5, 0.6) is 5.75 Å². The molecule has 2 aliphatic carbocycles. The maximum Gasteiger partial charge on any atom is 0.303 e. The van der Waals surface area contributed by atoms with Crippen LogP contribution in [0.2, 0.25) is 0 Å². The summed E-state index contributed by atoms with van der Waals surface area (Å²) in [6.07, 6.45) is 5.81. The van der Waals surface area contributed by atoms with Crippen LogP contribution in [-0.4, -0.2) is 65.4 Å². The van der Waals surface area contributed by atoms with E-state index in [0.717, 1.165) is 85.5 Å². The van der Waals surface area contributed by atoms with E-state index in [1.807, 2.05) is 12.1 Å². The van der Waals surface area contributed by atoms with Gasteiger partial charge in [0.1, 0.15) is 11.5 Å². The Kier molecular flexibility index (Phi) is 7.22. The zero-order chi connectivity index (χ0) is 34.7. The van der Waals surface area contributed by atoms with E-state index in [9.17, 15) is 24.6 Å². The lowest BCUT2D eigenvalue weighted by Gasteiger charge is -2.51. The van der Waals surface area contributed by atoms with Crippen LogP contribution in [0.3, 0.4) is 0 Å². The predicted molar refractivity (Wildman–Crippen MR) is 186 cm³/mol. The van der Waals surface area contributed by atoms with E-state index in [1.165, 1.54) is 0 Å². The van der Waals surface area contributed by atoms with E-state index >= 15 is 0 Å². The number of hydrogen-bond acceptors (Lipinski definition) is 7. The number of hydrogen-bond donors (Lipinski definition) is 2. The number of anilines is 1. The van der Waals surface area contributed by atoms with Gasteiger partial charge >= 0.3 is 5.97 Å². The Bertz CT molecular complexity index is 1810. The number of aliphatic hydroxyl groups excluding tert-OH is 1. The number of aliphatic carboxylic acids is 1. The van der Waals surface area contributed by atoms with Gasteiger partial charge in [-0.25, -0.2) is 0 Å². The molecule has 0 unspecified atom stereocenters. The summed E-state index contributed by atoms with van der Waals surface area (Å²) in [5.74, 6) is -1.03. The van der Waals surface area contributed by atoms with Crippen molar-refractivity contribution in [3.63, 3.8) is 0 Å². The van der Waals surface area contributed by atoms with Crippen molar-refractivity contribution >= 4 is 28.8 Å². The Hall–Kier alpha value is -3.81. The number of carbonyl (C=O) groups excluding carboxylic acids is 2. The van der Waals surface area contributed by atoms with Crippen LogP contribution in [0.25, 0.3) is 5.57 Å². The van der Waals surface area contributed by atoms with E-state index in [1.54, 1.807) is 0 Å². The molecular weight excluding hydrogens is 604 g/mol. The number of nitrogens with zero attached hydrogens (tertiary/aromatic N) is 2. The maximum absolute atomic E-state index is 14.5. The van der Waals surface area contributed by atoms with Gasteiger partial charge in [0, 0.05) is 66.3 Å². The van der Waals surface area contributed by atoms with Gasteiger partial charge in [-0.15, -0.1) is 0 Å². The van der Waals surface area contributed by atoms with Gasteiger partial charge in [0.15, 0.2) is 5.78 Å². The first-order valence-electron chi connectivity index (χ1n) is 17.7. The first-order valence-corrected chi connectivity index (χ1v) is 17.7. The van der Waals surface area contributed by atoms with Gasteiger partial charge in [0.2, 0.25) is 5.78 Å². The fourth-order valence-corrected chi connectivity index (χ4v) is 8.92. The van der Waals surface area contributed by atoms with Gasteiger partial charge in [0.05, 0.1) is 17.8 Å². The highest BCUT2D eigenvalue weighted by molar-refractivity contribution is 6.42. The van der Waals surface area contributed by atoms with E-state index in [4.69, 9.17) is 4.74 Å². The summed E-state index contributed by atoms with van der Waals surface area (Å²) < 4.78 is 6.50. The van der Waals surface area contributed by atoms with Crippen molar-refractivity contribution in [2.24, 2.45) is 10.8 Å². The molecule has 1 fully saturated rings. The van der Waals surface area contributed by atoms with Crippen LogP contribution >= 0.6 is 0 Å². The average Bonchev–Trinajstić information content (AvgIpc) is 2.98. The Morgan fingerprint density at radius 3 is 2.06 bits per heavy atom. The fourth-order valence-electron chi connectivity index (χ4n) is 8.92. The van der Waals surface area contributed by atoms with Crippen LogP contribution in [-0.2, 0) is 25.2 Å². The molecule has 1 aromatic carbocycles. The van der Waals surface area contributed by atoms with Crippen molar-refractivity contribution < 1.29 is 29.3 Å². The smallest absolute Gasteiger partial charge is 0.303 e. The number of carboxylic acids is 1. The van der Waals surface area contributed by atoms with Crippen LogP contribution in [0.15, 0.2) is 45.9 Å². The number of carboxylic acid groups (broad SMARTS) is 1. The summed E-state index contributed by atoms with van der Waals surface area (Å²) in [5, 5.41) is 21.2. The number of ketones is 2. The highest BCUT2D eigenvalue weighted by atomic mass is 16.5. The number of rotatable bonds is 6. The second kappa shape index (κ2) is 10.6. The molecular formula is C40H50N2O6. The van der Waals surface area contributed by atoms with Gasteiger partial charge < -0.3 is 24.7 Å². The Balaban J connectivity index is 1.43. The van der Waals surface area contributed by atoms with E-state index in [2.05, 4.69) is 65.2 Å². The summed E-state index contributed by atoms with van der Waals surface area (Å²) >= 11 is 0. The molecule has 0 radical (unpaired) electrons. The minimum absolute atomic E-state index is 0.0278. The lowest BCUT2D eigenvalue weighted by molar-refractivity contribution is -0.137. The molecule has 6 aliphatic rings. The maximum atomic E-state index is 14.5. The number of benzene rings is 1. The van der Waals surface area contributed by atoms with Crippen molar-refractivity contribution in [1.29, 1.82) is 0 Å². The molecule has 4 aliphatic heterocycles. The summed E-state index contributed by atoms with van der Waals surface area (Å²) in [7, 11) is 0. The highest BCUT2D eigenvalue weighted by Gasteiger charge is 2.51. The minimum atomic E-state index is -0.889. The molecule has 7 rings (SSSR count). The number of Topliss-reactive ketones (excluding diaryl/α,β-unsaturated/α-hetero) is 2. The molecule has 0 amide bonds. The topological polar surface area (TPSA) is 107 Å². The predicted octanol–water partition coefficient (Wildman–Crippen LogP) is 7.17. The molecule has 0 aromatic heterocycles. The first-order chi connectivity index (χ1) is 22.4. The molecule has 256 valence electrons. The third-order valence-corrected chi connectivity index (χ3v) is 12.2. The summed E-state index contributed by atoms with van der Waals surface area (Å²) in [6, 6.07) is 2.03. The summed E-state index contributed by atoms with van der Waals surface area (Å²) in [4.78, 5) is 45.0. The molecule has 8 nitrogen and oxygen atoms in total. The molecule has 4 heterocycles. The SMILES string of the molecule is CC1(C)CCN2CCC(C)(C)C3=C2C1=CC(=C1C(=O)C(c2cc4c5c(c2OCCCC(=O)O)C(C)(C)CCN5CCC4(C)C)=C1O)C3=O. The van der Waals surface area contributed by atoms with Gasteiger partial charge in [-0.2, -0.15) is 0 Å². The number of carbonyl (C=O) groups is 3. The minimum Gasteiger partial charge on any atom is -0.506 e. The molecule has 1 aromatic rings. The summed E-state index contributed by atoms with van der Waals surface area (Å²) in [6.45, 7) is 21.3. The van der Waals surface area contributed by atoms with Gasteiger partial charge in [0.25, 0.3) is 0 Å². The van der Waals surface area contributed by atoms with Crippen LogP contribution in [0, 0.1) is 10.8 Å². The molecule has 0 spiro atoms. The van der Waals surface area contributed by atoms with Gasteiger partial charge in [-0.05, 0) is 77.0 Å². The van der Waals surface area contributed by atoms with Crippen molar-refractivity contribution in [2.45, 2.75) is 105 Å². The third-order valence-electron chi connectivity index (χ3n) is 12.2. The molecule has 0 atom stereocenters. The van der Waals surface area contributed by atoms with Crippen LogP contribution < -0.4 is 9.64 Å². The van der Waals surface area contributed by atoms with Crippen molar-refractivity contribution in [2.75, 3.05) is 37.7 Å². The highest BCUT2D eigenvalue weighted by Crippen LogP contribution is 2.58. The fraction of sp³-hybridized carbons (Fsp3) is 0.575. The summed E-state index contributed by atoms with van der Waals surface area (Å²) in [5.41, 5.74) is 6.19. The zero-order valence-electron chi connectivity index (χ0n) is 29.9. The Morgan fingerprint density at radius 1 is 0.812 bits per heavy atom. The van der Waals surface area contributed by atoms with Crippen LogP contribution in [0.4, 0.5) is 5.69 Å². The second-order valence-electron chi connectivity index (χ2n) is 17.3. The Labute approximate surface area is 284 Å². The molecule has 48 heavy (non-hydrogen) atoms. The number of aliphatic hydroxyl groups is 1.